The van der Waals surface area contributed by atoms with Crippen LogP contribution in [0.2, 0.25) is 0 Å². The molecule has 1 aliphatic heterocycles. The topological polar surface area (TPSA) is 24.4 Å². The van der Waals surface area contributed by atoms with Gasteiger partial charge in [0.2, 0.25) is 0 Å². The van der Waals surface area contributed by atoms with Crippen LogP contribution in [0.1, 0.15) is 47.0 Å². The van der Waals surface area contributed by atoms with Gasteiger partial charge in [0, 0.05) is 24.9 Å². The highest BCUT2D eigenvalue weighted by Crippen LogP contribution is 2.04. The van der Waals surface area contributed by atoms with E-state index in [0.29, 0.717) is 0 Å². The van der Waals surface area contributed by atoms with Crippen molar-refractivity contribution in [3.05, 3.63) is 25.1 Å². The van der Waals surface area contributed by atoms with Crippen LogP contribution in [0.4, 0.5) is 0 Å². The van der Waals surface area contributed by atoms with Gasteiger partial charge in [-0.3, -0.25) is 4.99 Å². The lowest BCUT2D eigenvalue weighted by Gasteiger charge is -2.06. The summed E-state index contributed by atoms with van der Waals surface area (Å²) in [6.07, 6.45) is 9.02. The molecule has 2 heteroatoms. The molecule has 0 aromatic carbocycles. The smallest absolute Gasteiger partial charge is 0.0227 e. The first-order chi connectivity index (χ1) is 7.43. The molecule has 1 rings (SSSR count). The molecule has 0 amide bonds. The first-order valence-corrected chi connectivity index (χ1v) is 5.98. The fraction of sp³-hybridized carbons (Fsp3) is 0.615. The first-order valence-electron chi connectivity index (χ1n) is 5.98. The zero-order chi connectivity index (χ0) is 11.9. The quantitative estimate of drug-likeness (QED) is 0.699. The van der Waals surface area contributed by atoms with E-state index < -0.39 is 0 Å². The molecule has 2 nitrogen and oxygen atoms in total. The van der Waals surface area contributed by atoms with Crippen molar-refractivity contribution in [1.29, 1.82) is 0 Å². The van der Waals surface area contributed by atoms with E-state index in [1.54, 1.807) is 6.20 Å². The van der Waals surface area contributed by atoms with Crippen LogP contribution in [0.15, 0.2) is 30.0 Å². The van der Waals surface area contributed by atoms with Gasteiger partial charge < -0.3 is 5.32 Å². The number of nitrogens with zero attached hydrogens (tertiary/aromatic N) is 1. The van der Waals surface area contributed by atoms with Gasteiger partial charge in [0.05, 0.1) is 0 Å². The lowest BCUT2D eigenvalue weighted by Crippen LogP contribution is -2.12. The average molecular weight is 210 g/mol. The molecule has 88 valence electrons. The van der Waals surface area contributed by atoms with Crippen molar-refractivity contribution in [3.63, 3.8) is 0 Å². The Bertz CT molecular complexity index is 181. The Kier molecular flexibility index (Phi) is 16.8. The first kappa shape index (κ1) is 16.4. The summed E-state index contributed by atoms with van der Waals surface area (Å²) in [5.41, 5.74) is 1.29. The van der Waals surface area contributed by atoms with Crippen molar-refractivity contribution < 1.29 is 0 Å². The summed E-state index contributed by atoms with van der Waals surface area (Å²) in [4.78, 5) is 4.26. The minimum absolute atomic E-state index is 0.955. The largest absolute Gasteiger partial charge is 0.391 e. The van der Waals surface area contributed by atoms with Crippen molar-refractivity contribution in [1.82, 2.24) is 5.32 Å². The molecule has 0 spiro atoms. The Balaban J connectivity index is 0. The van der Waals surface area contributed by atoms with Crippen LogP contribution < -0.4 is 5.32 Å². The van der Waals surface area contributed by atoms with Crippen LogP contribution in [0.25, 0.3) is 0 Å². The summed E-state index contributed by atoms with van der Waals surface area (Å²) in [6.45, 7) is 12.5. The number of aliphatic imine (C=N–C) groups is 1. The number of nitrogens with one attached hydrogen (secondary N) is 1. The van der Waals surface area contributed by atoms with Gasteiger partial charge in [0.15, 0.2) is 0 Å². The Morgan fingerprint density at radius 3 is 2.53 bits per heavy atom. The summed E-state index contributed by atoms with van der Waals surface area (Å²) in [5.74, 6) is 0. The van der Waals surface area contributed by atoms with Crippen molar-refractivity contribution in [3.8, 4) is 0 Å². The molecule has 1 heterocycles. The highest BCUT2D eigenvalue weighted by Gasteiger charge is 1.99. The third-order valence-corrected chi connectivity index (χ3v) is 1.66. The normalized spacial score (nSPS) is 12.4. The maximum atomic E-state index is 4.26. The Morgan fingerprint density at radius 2 is 2.07 bits per heavy atom. The molecule has 0 saturated carbocycles. The predicted octanol–water partition coefficient (Wildman–Crippen LogP) is 3.91. The van der Waals surface area contributed by atoms with Crippen molar-refractivity contribution in [2.24, 2.45) is 4.99 Å². The molecule has 1 aliphatic rings. The number of hydrogen-bond acceptors (Lipinski definition) is 2. The molecule has 0 bridgehead atoms. The maximum Gasteiger partial charge on any atom is 0.0227 e. The standard InChI is InChI=1S/C9H14N2.2C2H6/c1-2-10-8-6-9-5-3-4-7-11-9;2*1-2/h2,4,7,10H,1,3,5-6,8H2;2*1-2H3. The summed E-state index contributed by atoms with van der Waals surface area (Å²) < 4.78 is 0. The lowest BCUT2D eigenvalue weighted by molar-refractivity contribution is 0.853. The van der Waals surface area contributed by atoms with Gasteiger partial charge in [-0.25, -0.2) is 0 Å². The Labute approximate surface area is 95.2 Å². The van der Waals surface area contributed by atoms with Gasteiger partial charge in [-0.1, -0.05) is 40.3 Å². The summed E-state index contributed by atoms with van der Waals surface area (Å²) in [5, 5.41) is 3.05. The van der Waals surface area contributed by atoms with Crippen molar-refractivity contribution >= 4 is 5.71 Å². The molecule has 0 atom stereocenters. The molecule has 1 N–H and O–H groups in total. The monoisotopic (exact) mass is 210 g/mol. The van der Waals surface area contributed by atoms with Gasteiger partial charge in [-0.05, 0) is 19.0 Å². The van der Waals surface area contributed by atoms with E-state index in [1.807, 2.05) is 33.9 Å². The SMILES string of the molecule is C=CNCCC1=NC=CCC1.CC.CC. The highest BCUT2D eigenvalue weighted by molar-refractivity contribution is 5.85. The lowest BCUT2D eigenvalue weighted by atomic mass is 10.1. The van der Waals surface area contributed by atoms with E-state index in [1.165, 1.54) is 5.71 Å². The van der Waals surface area contributed by atoms with Crippen LogP contribution in [-0.4, -0.2) is 12.3 Å². The summed E-state index contributed by atoms with van der Waals surface area (Å²) in [6, 6.07) is 0. The predicted molar refractivity (Wildman–Crippen MR) is 71.3 cm³/mol. The molecule has 15 heavy (non-hydrogen) atoms. The van der Waals surface area contributed by atoms with E-state index in [9.17, 15) is 0 Å². The van der Waals surface area contributed by atoms with Gasteiger partial charge in [-0.2, -0.15) is 0 Å². The number of hydrogen-bond donors (Lipinski definition) is 1. The highest BCUT2D eigenvalue weighted by atomic mass is 14.8. The molecule has 0 radical (unpaired) electrons. The van der Waals surface area contributed by atoms with Crippen LogP contribution in [0.3, 0.4) is 0 Å². The molecular formula is C13H26N2. The summed E-state index contributed by atoms with van der Waals surface area (Å²) in [7, 11) is 0. The van der Waals surface area contributed by atoms with Gasteiger partial charge in [0.1, 0.15) is 0 Å². The van der Waals surface area contributed by atoms with Gasteiger partial charge in [0.25, 0.3) is 0 Å². The molecule has 0 aromatic rings. The fourth-order valence-electron chi connectivity index (χ4n) is 1.06. The average Bonchev–Trinajstić information content (AvgIpc) is 2.36. The Morgan fingerprint density at radius 1 is 1.40 bits per heavy atom. The Hall–Kier alpha value is -1.05. The van der Waals surface area contributed by atoms with Crippen LogP contribution in [-0.2, 0) is 0 Å². The summed E-state index contributed by atoms with van der Waals surface area (Å²) >= 11 is 0. The second kappa shape index (κ2) is 15.4. The van der Waals surface area contributed by atoms with E-state index >= 15 is 0 Å². The van der Waals surface area contributed by atoms with Gasteiger partial charge in [-0.15, -0.1) is 0 Å². The zero-order valence-corrected chi connectivity index (χ0v) is 10.7. The van der Waals surface area contributed by atoms with E-state index in [0.717, 1.165) is 25.8 Å². The fourth-order valence-corrected chi connectivity index (χ4v) is 1.06. The molecule has 0 fully saturated rings. The van der Waals surface area contributed by atoms with Crippen LogP contribution in [0, 0.1) is 0 Å². The third kappa shape index (κ3) is 10.9. The minimum atomic E-state index is 0.955. The van der Waals surface area contributed by atoms with Crippen molar-refractivity contribution in [2.45, 2.75) is 47.0 Å². The number of allylic oxidation sites excluding steroid dienone is 1. The molecular weight excluding hydrogens is 184 g/mol. The number of rotatable bonds is 4. The van der Waals surface area contributed by atoms with Crippen LogP contribution in [0.5, 0.6) is 0 Å². The van der Waals surface area contributed by atoms with Crippen LogP contribution >= 0.6 is 0 Å². The molecule has 0 unspecified atom stereocenters. The van der Waals surface area contributed by atoms with E-state index in [4.69, 9.17) is 0 Å². The van der Waals surface area contributed by atoms with Crippen molar-refractivity contribution in [2.75, 3.05) is 6.54 Å². The maximum absolute atomic E-state index is 4.26. The third-order valence-electron chi connectivity index (χ3n) is 1.66. The van der Waals surface area contributed by atoms with E-state index in [-0.39, 0.29) is 0 Å². The zero-order valence-electron chi connectivity index (χ0n) is 10.7. The second-order valence-corrected chi connectivity index (χ2v) is 2.53. The molecule has 0 aliphatic carbocycles. The minimum Gasteiger partial charge on any atom is -0.391 e. The van der Waals surface area contributed by atoms with Gasteiger partial charge >= 0.3 is 0 Å². The van der Waals surface area contributed by atoms with E-state index in [2.05, 4.69) is 23.0 Å². The molecule has 0 aromatic heterocycles. The molecule has 0 saturated heterocycles. The second-order valence-electron chi connectivity index (χ2n) is 2.53.